The van der Waals surface area contributed by atoms with Gasteiger partial charge in [-0.1, -0.05) is 78.6 Å². The molecular formula is C20H36AlNaSi4. The van der Waals surface area contributed by atoms with Crippen molar-refractivity contribution in [2.75, 3.05) is 0 Å². The van der Waals surface area contributed by atoms with Crippen LogP contribution in [0.5, 0.6) is 0 Å². The standard InChI is InChI=1S/4C5H9Si.Al.Na/c4*1-5-6(2,3)4;;/h4*2-4H3;;/q4*-1;+3;+1. The molecule has 0 N–H and O–H groups in total. The third-order valence-electron chi connectivity index (χ3n) is 1.50. The van der Waals surface area contributed by atoms with Crippen LogP contribution in [-0.2, 0) is 0 Å². The maximum absolute atomic E-state index is 6.67. The summed E-state index contributed by atoms with van der Waals surface area (Å²) in [6.07, 6.45) is 26.7. The minimum atomic E-state index is -1.21. The van der Waals surface area contributed by atoms with E-state index in [4.69, 9.17) is 25.7 Å². The maximum Gasteiger partial charge on any atom is 3.00 e. The summed E-state index contributed by atoms with van der Waals surface area (Å²) in [6, 6.07) is 0. The summed E-state index contributed by atoms with van der Waals surface area (Å²) < 4.78 is 0. The Hall–Kier alpha value is 0.640. The van der Waals surface area contributed by atoms with Crippen molar-refractivity contribution in [1.29, 1.82) is 0 Å². The number of hydrogen-bond donors (Lipinski definition) is 0. The van der Waals surface area contributed by atoms with Gasteiger partial charge in [0.15, 0.2) is 0 Å². The Bertz CT molecular complexity index is 392. The van der Waals surface area contributed by atoms with E-state index in [0.717, 1.165) is 0 Å². The average molecular weight is 439 g/mol. The second-order valence-electron chi connectivity index (χ2n) is 9.50. The molecule has 0 radical (unpaired) electrons. The first-order valence-corrected chi connectivity index (χ1v) is 22.0. The normalized spacial score (nSPS) is 9.54. The van der Waals surface area contributed by atoms with E-state index < -0.39 is 32.3 Å². The molecule has 0 fully saturated rings. The van der Waals surface area contributed by atoms with Crippen LogP contribution < -0.4 is 29.6 Å². The van der Waals surface area contributed by atoms with Gasteiger partial charge in [0.25, 0.3) is 0 Å². The molecule has 26 heavy (non-hydrogen) atoms. The van der Waals surface area contributed by atoms with E-state index in [0.29, 0.717) is 0 Å². The SMILES string of the molecule is [Al+3].[C-]#C[Si](C)(C)C.[C-]#C[Si](C)(C)C.[C-]#C[Si](C)(C)C.[C-]#C[Si](C)(C)C.[Na+]. The summed E-state index contributed by atoms with van der Waals surface area (Å²) in [6.45, 7) is 25.0. The molecule has 0 nitrogen and oxygen atoms in total. The largest absolute Gasteiger partial charge is 3.00 e. The van der Waals surface area contributed by atoms with E-state index in [2.05, 4.69) is 101 Å². The zero-order chi connectivity index (χ0) is 20.8. The fourth-order valence-electron chi connectivity index (χ4n) is 0. The second kappa shape index (κ2) is 19.0. The molecule has 0 aromatic heterocycles. The minimum Gasteiger partial charge on any atom is -0.701 e. The predicted octanol–water partition coefficient (Wildman–Crippen LogP) is 2.44. The summed E-state index contributed by atoms with van der Waals surface area (Å²) in [7, 11) is -4.86. The van der Waals surface area contributed by atoms with Gasteiger partial charge >= 0.3 is 46.9 Å². The van der Waals surface area contributed by atoms with Crippen LogP contribution >= 0.6 is 0 Å². The van der Waals surface area contributed by atoms with Crippen LogP contribution in [-0.4, -0.2) is 49.7 Å². The average Bonchev–Trinajstić information content (AvgIpc) is 2.37. The van der Waals surface area contributed by atoms with Gasteiger partial charge in [0.05, 0.1) is 32.3 Å². The molecule has 0 unspecified atom stereocenters. The molecule has 0 heterocycles. The predicted molar refractivity (Wildman–Crippen MR) is 128 cm³/mol. The van der Waals surface area contributed by atoms with Crippen molar-refractivity contribution in [3.63, 3.8) is 0 Å². The minimum absolute atomic E-state index is 0. The van der Waals surface area contributed by atoms with Gasteiger partial charge in [0, 0.05) is 0 Å². The van der Waals surface area contributed by atoms with Crippen LogP contribution in [0.2, 0.25) is 78.6 Å². The van der Waals surface area contributed by atoms with Crippen LogP contribution in [0.15, 0.2) is 0 Å². The van der Waals surface area contributed by atoms with Crippen molar-refractivity contribution in [2.45, 2.75) is 78.6 Å². The van der Waals surface area contributed by atoms with Gasteiger partial charge in [0.1, 0.15) is 0 Å². The van der Waals surface area contributed by atoms with Crippen molar-refractivity contribution >= 4 is 49.7 Å². The molecule has 0 aliphatic carbocycles. The fourth-order valence-corrected chi connectivity index (χ4v) is 0. The van der Waals surface area contributed by atoms with E-state index in [1.165, 1.54) is 0 Å². The van der Waals surface area contributed by atoms with Crippen LogP contribution in [0.25, 0.3) is 0 Å². The quantitative estimate of drug-likeness (QED) is 0.310. The third kappa shape index (κ3) is 86.2. The smallest absolute Gasteiger partial charge is 0.701 e. The molecule has 0 rings (SSSR count). The first-order valence-electron chi connectivity index (χ1n) is 8.00. The van der Waals surface area contributed by atoms with E-state index in [1.807, 2.05) is 0 Å². The van der Waals surface area contributed by atoms with Gasteiger partial charge in [0.2, 0.25) is 0 Å². The van der Waals surface area contributed by atoms with Crippen LogP contribution in [0.4, 0.5) is 0 Å². The van der Waals surface area contributed by atoms with Gasteiger partial charge in [-0.05, 0) is 0 Å². The topological polar surface area (TPSA) is 0 Å². The summed E-state index contributed by atoms with van der Waals surface area (Å²) in [5.74, 6) is 0. The molecular weight excluding hydrogens is 403 g/mol. The van der Waals surface area contributed by atoms with Gasteiger partial charge in [-0.15, -0.1) is 0 Å². The molecule has 0 saturated heterocycles. The Kier molecular flexibility index (Phi) is 30.0. The molecule has 0 aliphatic rings. The van der Waals surface area contributed by atoms with Crippen molar-refractivity contribution in [1.82, 2.24) is 0 Å². The van der Waals surface area contributed by atoms with Crippen molar-refractivity contribution in [2.24, 2.45) is 0 Å². The van der Waals surface area contributed by atoms with Crippen molar-refractivity contribution < 1.29 is 29.6 Å². The number of rotatable bonds is 0. The molecule has 0 aromatic carbocycles. The number of hydrogen-bond acceptors (Lipinski definition) is 0. The second-order valence-corrected chi connectivity index (χ2v) is 28.5. The maximum atomic E-state index is 6.67. The van der Waals surface area contributed by atoms with Crippen LogP contribution in [0.1, 0.15) is 0 Å². The van der Waals surface area contributed by atoms with Gasteiger partial charge in [-0.2, -0.15) is 0 Å². The molecule has 6 heteroatoms. The van der Waals surface area contributed by atoms with Crippen LogP contribution in [0, 0.1) is 47.9 Å². The first-order chi connectivity index (χ1) is 10.2. The third-order valence-corrected chi connectivity index (χ3v) is 4.50. The molecule has 0 saturated carbocycles. The van der Waals surface area contributed by atoms with Gasteiger partial charge < -0.3 is 47.9 Å². The van der Waals surface area contributed by atoms with Crippen LogP contribution in [0.3, 0.4) is 0 Å². The summed E-state index contributed by atoms with van der Waals surface area (Å²) in [4.78, 5) is 0. The van der Waals surface area contributed by atoms with Crippen molar-refractivity contribution in [3.8, 4) is 22.2 Å². The molecule has 0 aromatic rings. The van der Waals surface area contributed by atoms with E-state index in [9.17, 15) is 0 Å². The Morgan fingerprint density at radius 1 is 0.385 bits per heavy atom. The monoisotopic (exact) mass is 438 g/mol. The molecule has 0 spiro atoms. The Morgan fingerprint density at radius 2 is 0.423 bits per heavy atom. The van der Waals surface area contributed by atoms with E-state index in [1.54, 1.807) is 0 Å². The molecule has 136 valence electrons. The Labute approximate surface area is 203 Å². The first kappa shape index (κ1) is 41.1. The summed E-state index contributed by atoms with van der Waals surface area (Å²) >= 11 is 0. The molecule has 0 atom stereocenters. The fraction of sp³-hybridized carbons (Fsp3) is 0.600. The van der Waals surface area contributed by atoms with Gasteiger partial charge in [-0.25, -0.2) is 0 Å². The van der Waals surface area contributed by atoms with Gasteiger partial charge in [-0.3, -0.25) is 0 Å². The van der Waals surface area contributed by atoms with E-state index >= 15 is 0 Å². The zero-order valence-electron chi connectivity index (χ0n) is 19.6. The Morgan fingerprint density at radius 3 is 0.423 bits per heavy atom. The Balaban J connectivity index is -0.0000000500. The van der Waals surface area contributed by atoms with E-state index in [-0.39, 0.29) is 46.9 Å². The summed E-state index contributed by atoms with van der Waals surface area (Å²) in [5.41, 5.74) is 9.97. The zero-order valence-corrected chi connectivity index (χ0v) is 26.7. The molecule has 0 aliphatic heterocycles. The molecule has 0 amide bonds. The molecule has 0 bridgehead atoms. The van der Waals surface area contributed by atoms with Crippen molar-refractivity contribution in [3.05, 3.63) is 25.7 Å². The summed E-state index contributed by atoms with van der Waals surface area (Å²) in [5, 5.41) is 0.